The van der Waals surface area contributed by atoms with Crippen LogP contribution in [0.4, 0.5) is 0 Å². The summed E-state index contributed by atoms with van der Waals surface area (Å²) >= 11 is 0.254. The summed E-state index contributed by atoms with van der Waals surface area (Å²) in [7, 11) is 1.47. The number of carbonyl (C=O) groups is 2. The molecule has 3 atom stereocenters. The van der Waals surface area contributed by atoms with Gasteiger partial charge in [-0.1, -0.05) is 0 Å². The Morgan fingerprint density at radius 2 is 1.64 bits per heavy atom. The molecule has 1 saturated heterocycles. The Morgan fingerprint density at radius 3 is 2.04 bits per heavy atom. The molecule has 0 unspecified atom stereocenters. The van der Waals surface area contributed by atoms with Crippen molar-refractivity contribution in [2.75, 3.05) is 7.11 Å². The number of rotatable bonds is 3. The predicted octanol–water partition coefficient (Wildman–Crippen LogP) is 3.08. The van der Waals surface area contributed by atoms with Gasteiger partial charge in [-0.15, -0.1) is 0 Å². The van der Waals surface area contributed by atoms with E-state index in [1.165, 1.54) is 45.6 Å². The van der Waals surface area contributed by atoms with Gasteiger partial charge in [0, 0.05) is 0 Å². The van der Waals surface area contributed by atoms with Gasteiger partial charge in [-0.2, -0.15) is 0 Å². The van der Waals surface area contributed by atoms with E-state index in [2.05, 4.69) is 20.8 Å². The first-order valence-corrected chi connectivity index (χ1v) is 11.7. The van der Waals surface area contributed by atoms with Crippen molar-refractivity contribution in [3.05, 3.63) is 0 Å². The molecule has 1 heterocycles. The van der Waals surface area contributed by atoms with Crippen LogP contribution in [0, 0.1) is 28.6 Å². The fourth-order valence-corrected chi connectivity index (χ4v) is 10.9. The summed E-state index contributed by atoms with van der Waals surface area (Å²) in [5, 5.41) is 0. The normalized spacial score (nSPS) is 45.7. The van der Waals surface area contributed by atoms with Crippen molar-refractivity contribution >= 4 is 27.3 Å². The van der Waals surface area contributed by atoms with Crippen LogP contribution < -0.4 is 0 Å². The van der Waals surface area contributed by atoms with E-state index >= 15 is 0 Å². The van der Waals surface area contributed by atoms with Gasteiger partial charge in [0.2, 0.25) is 0 Å². The first kappa shape index (κ1) is 17.9. The molecule has 0 spiro atoms. The van der Waals surface area contributed by atoms with Gasteiger partial charge in [-0.3, -0.25) is 0 Å². The molecule has 25 heavy (non-hydrogen) atoms. The zero-order valence-electron chi connectivity index (χ0n) is 15.9. The Bertz CT molecular complexity index is 534. The Labute approximate surface area is 157 Å². The van der Waals surface area contributed by atoms with Crippen molar-refractivity contribution in [1.82, 2.24) is 4.90 Å². The predicted molar refractivity (Wildman–Crippen MR) is 97.1 cm³/mol. The SMILES string of the molecule is COC(=O)[C@@H]1[C@@H](C23CC4CC(CC(C4)C2)C3)[Se][C@H](C(C)(C)C)N1C=O. The van der Waals surface area contributed by atoms with Crippen LogP contribution in [0.1, 0.15) is 59.3 Å². The van der Waals surface area contributed by atoms with Crippen LogP contribution in [-0.4, -0.2) is 50.3 Å². The van der Waals surface area contributed by atoms with Gasteiger partial charge in [-0.25, -0.2) is 0 Å². The van der Waals surface area contributed by atoms with E-state index in [1.54, 1.807) is 0 Å². The minimum absolute atomic E-state index is 0.00419. The van der Waals surface area contributed by atoms with E-state index in [0.29, 0.717) is 4.82 Å². The average molecular weight is 412 g/mol. The van der Waals surface area contributed by atoms with E-state index in [0.717, 1.165) is 24.2 Å². The van der Waals surface area contributed by atoms with E-state index < -0.39 is 0 Å². The van der Waals surface area contributed by atoms with Gasteiger partial charge in [0.1, 0.15) is 0 Å². The molecule has 0 aromatic carbocycles. The summed E-state index contributed by atoms with van der Waals surface area (Å²) in [4.78, 5) is 27.1. The summed E-state index contributed by atoms with van der Waals surface area (Å²) in [5.41, 5.74) is 0.291. The maximum absolute atomic E-state index is 12.7. The first-order chi connectivity index (χ1) is 11.8. The molecule has 5 heteroatoms. The average Bonchev–Trinajstić information content (AvgIpc) is 2.93. The van der Waals surface area contributed by atoms with Gasteiger partial charge in [-0.05, 0) is 0 Å². The summed E-state index contributed by atoms with van der Waals surface area (Å²) < 4.78 is 5.19. The molecule has 5 rings (SSSR count). The summed E-state index contributed by atoms with van der Waals surface area (Å²) in [6.07, 6.45) is 8.99. The maximum atomic E-state index is 12.7. The van der Waals surface area contributed by atoms with Crippen LogP contribution in [0.5, 0.6) is 0 Å². The van der Waals surface area contributed by atoms with Crippen molar-refractivity contribution in [2.45, 2.75) is 75.1 Å². The van der Waals surface area contributed by atoms with Crippen LogP contribution >= 0.6 is 0 Å². The molecule has 1 amide bonds. The number of methoxy groups -OCH3 is 1. The molecule has 4 aliphatic carbocycles. The third-order valence-electron chi connectivity index (χ3n) is 7.15. The fourth-order valence-electron chi connectivity index (χ4n) is 6.73. The van der Waals surface area contributed by atoms with Crippen LogP contribution in [0.25, 0.3) is 0 Å². The number of esters is 1. The van der Waals surface area contributed by atoms with Crippen molar-refractivity contribution in [3.63, 3.8) is 0 Å². The number of carbonyl (C=O) groups excluding carboxylic acids is 2. The standard InChI is InChI=1S/C20H31NO3Se/c1-19(2,3)18-21(11-22)15(17(23)24-4)16(25-18)20-8-12-5-13(9-20)7-14(6-12)10-20/h11-16,18H,5-10H2,1-4H3/t12?,13?,14?,15-,16-,18+,20?/m0/s1. The Balaban J connectivity index is 1.71. The van der Waals surface area contributed by atoms with Crippen molar-refractivity contribution in [2.24, 2.45) is 28.6 Å². The molecule has 140 valence electrons. The van der Waals surface area contributed by atoms with Crippen LogP contribution in [-0.2, 0) is 14.3 Å². The van der Waals surface area contributed by atoms with Crippen LogP contribution in [0.2, 0.25) is 4.82 Å². The molecule has 4 nitrogen and oxygen atoms in total. The van der Waals surface area contributed by atoms with Gasteiger partial charge in [0.05, 0.1) is 0 Å². The molecule has 0 N–H and O–H groups in total. The molecule has 0 radical (unpaired) electrons. The summed E-state index contributed by atoms with van der Waals surface area (Å²) in [6, 6.07) is -0.358. The second-order valence-corrected chi connectivity index (χ2v) is 12.6. The van der Waals surface area contributed by atoms with E-state index in [9.17, 15) is 9.59 Å². The Morgan fingerprint density at radius 1 is 1.12 bits per heavy atom. The molecule has 5 fully saturated rings. The monoisotopic (exact) mass is 413 g/mol. The van der Waals surface area contributed by atoms with E-state index in [-0.39, 0.29) is 42.7 Å². The van der Waals surface area contributed by atoms with Crippen molar-refractivity contribution in [3.8, 4) is 0 Å². The quantitative estimate of drug-likeness (QED) is 0.407. The molecule has 4 saturated carbocycles. The minimum atomic E-state index is -0.358. The Kier molecular flexibility index (Phi) is 4.28. The molecule has 1 aliphatic heterocycles. The molecule has 0 aromatic heterocycles. The third kappa shape index (κ3) is 2.77. The Hall–Kier alpha value is -0.541. The number of ether oxygens (including phenoxy) is 1. The van der Waals surface area contributed by atoms with Gasteiger partial charge in [0.25, 0.3) is 0 Å². The van der Waals surface area contributed by atoms with E-state index in [4.69, 9.17) is 4.74 Å². The number of hydrogen-bond donors (Lipinski definition) is 0. The van der Waals surface area contributed by atoms with Crippen LogP contribution in [0.3, 0.4) is 0 Å². The van der Waals surface area contributed by atoms with Gasteiger partial charge < -0.3 is 0 Å². The molecular formula is C20H31NO3Se. The van der Waals surface area contributed by atoms with Crippen LogP contribution in [0.15, 0.2) is 0 Å². The van der Waals surface area contributed by atoms with E-state index in [1.807, 2.05) is 4.90 Å². The van der Waals surface area contributed by atoms with Crippen molar-refractivity contribution < 1.29 is 14.3 Å². The number of amides is 1. The van der Waals surface area contributed by atoms with Crippen molar-refractivity contribution in [1.29, 1.82) is 0 Å². The molecule has 0 aromatic rings. The molecule has 4 bridgehead atoms. The van der Waals surface area contributed by atoms with Gasteiger partial charge in [0.15, 0.2) is 0 Å². The number of nitrogens with zero attached hydrogens (tertiary/aromatic N) is 1. The molecular weight excluding hydrogens is 381 g/mol. The zero-order valence-corrected chi connectivity index (χ0v) is 17.6. The number of hydrogen-bond acceptors (Lipinski definition) is 3. The fraction of sp³-hybridized carbons (Fsp3) is 0.900. The van der Waals surface area contributed by atoms with Gasteiger partial charge >= 0.3 is 157 Å². The third-order valence-corrected chi connectivity index (χ3v) is 11.9. The summed E-state index contributed by atoms with van der Waals surface area (Å²) in [5.74, 6) is 2.39. The second-order valence-electron chi connectivity index (χ2n) is 10.1. The second kappa shape index (κ2) is 5.99. The first-order valence-electron chi connectivity index (χ1n) is 9.73. The summed E-state index contributed by atoms with van der Waals surface area (Å²) in [6.45, 7) is 6.60. The zero-order chi connectivity index (χ0) is 18.0. The molecule has 5 aliphatic rings. The topological polar surface area (TPSA) is 46.6 Å².